The smallest absolute Gasteiger partial charge is 0.0452 e. The van der Waals surface area contributed by atoms with Crippen LogP contribution in [-0.4, -0.2) is 6.54 Å². The molecule has 1 nitrogen and oxygen atoms in total. The highest BCUT2D eigenvalue weighted by Crippen LogP contribution is 2.34. The number of fused-ring (bicyclic) bond motifs is 1. The largest absolute Gasteiger partial charge is 0.337 e. The van der Waals surface area contributed by atoms with Crippen molar-refractivity contribution in [1.82, 2.24) is 0 Å². The van der Waals surface area contributed by atoms with Crippen LogP contribution in [0.2, 0.25) is 0 Å². The minimum atomic E-state index is 0.911. The third-order valence-corrected chi connectivity index (χ3v) is 4.86. The Bertz CT molecular complexity index is 876. The molecule has 1 aliphatic heterocycles. The standard InChI is InChI=1S/C24H23N/c1-19-11-13-20(14-12-19)22-16-15-21-8-4-3-7-17-25(24(21)18-22)23-9-5-2-6-10-23/h2-3,5-7,9-16,18H,4,8,17H2,1H3/b7-3-. The van der Waals surface area contributed by atoms with E-state index in [1.165, 1.54) is 33.6 Å². The lowest BCUT2D eigenvalue weighted by molar-refractivity contribution is 0.949. The average molecular weight is 325 g/mol. The van der Waals surface area contributed by atoms with Crippen molar-refractivity contribution in [2.24, 2.45) is 0 Å². The minimum absolute atomic E-state index is 0.911. The molecule has 0 amide bonds. The predicted molar refractivity (Wildman–Crippen MR) is 108 cm³/mol. The molecule has 3 aromatic carbocycles. The first-order chi connectivity index (χ1) is 12.3. The number of para-hydroxylation sites is 1. The molecular formula is C24H23N. The van der Waals surface area contributed by atoms with E-state index in [0.717, 1.165) is 19.4 Å². The van der Waals surface area contributed by atoms with Gasteiger partial charge in [-0.2, -0.15) is 0 Å². The van der Waals surface area contributed by atoms with Crippen molar-refractivity contribution in [3.63, 3.8) is 0 Å². The maximum absolute atomic E-state index is 2.42. The Morgan fingerprint density at radius 2 is 1.52 bits per heavy atom. The van der Waals surface area contributed by atoms with Crippen molar-refractivity contribution in [3.8, 4) is 11.1 Å². The average Bonchev–Trinajstić information content (AvgIpc) is 2.64. The van der Waals surface area contributed by atoms with Crippen LogP contribution >= 0.6 is 0 Å². The van der Waals surface area contributed by atoms with Crippen molar-refractivity contribution >= 4 is 11.4 Å². The number of benzene rings is 3. The highest BCUT2D eigenvalue weighted by atomic mass is 15.1. The summed E-state index contributed by atoms with van der Waals surface area (Å²) in [6, 6.07) is 26.4. The van der Waals surface area contributed by atoms with Gasteiger partial charge in [-0.1, -0.05) is 72.3 Å². The number of allylic oxidation sites excluding steroid dienone is 1. The zero-order valence-electron chi connectivity index (χ0n) is 14.7. The summed E-state index contributed by atoms with van der Waals surface area (Å²) in [4.78, 5) is 2.42. The van der Waals surface area contributed by atoms with Gasteiger partial charge in [0, 0.05) is 17.9 Å². The zero-order valence-corrected chi connectivity index (χ0v) is 14.7. The van der Waals surface area contributed by atoms with E-state index in [0.29, 0.717) is 0 Å². The molecule has 0 saturated carbocycles. The Labute approximate surface area is 150 Å². The summed E-state index contributed by atoms with van der Waals surface area (Å²) in [5, 5.41) is 0. The maximum Gasteiger partial charge on any atom is 0.0452 e. The summed E-state index contributed by atoms with van der Waals surface area (Å²) < 4.78 is 0. The molecule has 0 aromatic heterocycles. The summed E-state index contributed by atoms with van der Waals surface area (Å²) in [7, 11) is 0. The monoisotopic (exact) mass is 325 g/mol. The number of nitrogens with zero attached hydrogens (tertiary/aromatic N) is 1. The van der Waals surface area contributed by atoms with E-state index in [9.17, 15) is 0 Å². The fourth-order valence-electron chi connectivity index (χ4n) is 3.44. The SMILES string of the molecule is Cc1ccc(-c2ccc3c(c2)N(c2ccccc2)C/C=C\CC3)cc1. The third kappa shape index (κ3) is 3.36. The maximum atomic E-state index is 2.42. The second-order valence-electron chi connectivity index (χ2n) is 6.67. The van der Waals surface area contributed by atoms with Gasteiger partial charge in [-0.05, 0) is 54.7 Å². The molecule has 4 rings (SSSR count). The van der Waals surface area contributed by atoms with Crippen LogP contribution in [0.15, 0.2) is 84.9 Å². The van der Waals surface area contributed by atoms with Gasteiger partial charge in [0.05, 0.1) is 0 Å². The van der Waals surface area contributed by atoms with Crippen LogP contribution in [0.3, 0.4) is 0 Å². The van der Waals surface area contributed by atoms with Crippen molar-refractivity contribution < 1.29 is 0 Å². The topological polar surface area (TPSA) is 3.24 Å². The Kier molecular flexibility index (Phi) is 4.39. The van der Waals surface area contributed by atoms with Crippen molar-refractivity contribution in [3.05, 3.63) is 96.1 Å². The van der Waals surface area contributed by atoms with E-state index in [-0.39, 0.29) is 0 Å². The minimum Gasteiger partial charge on any atom is -0.337 e. The number of anilines is 2. The lowest BCUT2D eigenvalue weighted by atomic mass is 9.97. The molecule has 0 aliphatic carbocycles. The molecule has 0 spiro atoms. The van der Waals surface area contributed by atoms with Gasteiger partial charge in [0.1, 0.15) is 0 Å². The molecule has 1 heteroatoms. The lowest BCUT2D eigenvalue weighted by Gasteiger charge is -2.28. The molecule has 124 valence electrons. The van der Waals surface area contributed by atoms with E-state index in [1.54, 1.807) is 0 Å². The first-order valence-corrected chi connectivity index (χ1v) is 8.99. The van der Waals surface area contributed by atoms with Gasteiger partial charge in [-0.15, -0.1) is 0 Å². The second-order valence-corrected chi connectivity index (χ2v) is 6.67. The normalized spacial score (nSPS) is 15.2. The van der Waals surface area contributed by atoms with E-state index in [2.05, 4.69) is 96.8 Å². The van der Waals surface area contributed by atoms with Crippen LogP contribution < -0.4 is 4.90 Å². The summed E-state index contributed by atoms with van der Waals surface area (Å²) in [5.41, 5.74) is 7.85. The molecule has 3 aromatic rings. The van der Waals surface area contributed by atoms with Crippen LogP contribution in [0.25, 0.3) is 11.1 Å². The summed E-state index contributed by atoms with van der Waals surface area (Å²) in [6.45, 7) is 3.04. The molecule has 0 atom stereocenters. The Balaban J connectivity index is 1.81. The molecular weight excluding hydrogens is 302 g/mol. The van der Waals surface area contributed by atoms with Crippen LogP contribution in [0.4, 0.5) is 11.4 Å². The molecule has 1 heterocycles. The van der Waals surface area contributed by atoms with E-state index >= 15 is 0 Å². The fraction of sp³-hybridized carbons (Fsp3) is 0.167. The van der Waals surface area contributed by atoms with Crippen molar-refractivity contribution in [1.29, 1.82) is 0 Å². The number of rotatable bonds is 2. The van der Waals surface area contributed by atoms with Crippen molar-refractivity contribution in [2.75, 3.05) is 11.4 Å². The second kappa shape index (κ2) is 6.98. The zero-order chi connectivity index (χ0) is 17.1. The molecule has 0 saturated heterocycles. The fourth-order valence-corrected chi connectivity index (χ4v) is 3.44. The van der Waals surface area contributed by atoms with Crippen LogP contribution in [0.1, 0.15) is 17.5 Å². The summed E-state index contributed by atoms with van der Waals surface area (Å²) in [6.07, 6.45) is 6.78. The molecule has 1 aliphatic rings. The van der Waals surface area contributed by atoms with Gasteiger partial charge in [0.2, 0.25) is 0 Å². The first-order valence-electron chi connectivity index (χ1n) is 8.99. The van der Waals surface area contributed by atoms with Crippen LogP contribution in [0.5, 0.6) is 0 Å². The Hall–Kier alpha value is -2.80. The quantitative estimate of drug-likeness (QED) is 0.500. The Morgan fingerprint density at radius 1 is 0.760 bits per heavy atom. The van der Waals surface area contributed by atoms with Gasteiger partial charge in [-0.3, -0.25) is 0 Å². The molecule has 25 heavy (non-hydrogen) atoms. The molecule has 0 N–H and O–H groups in total. The highest BCUT2D eigenvalue weighted by Gasteiger charge is 2.15. The van der Waals surface area contributed by atoms with E-state index < -0.39 is 0 Å². The molecule has 0 bridgehead atoms. The molecule has 0 radical (unpaired) electrons. The molecule has 0 unspecified atom stereocenters. The third-order valence-electron chi connectivity index (χ3n) is 4.86. The Morgan fingerprint density at radius 3 is 2.32 bits per heavy atom. The summed E-state index contributed by atoms with van der Waals surface area (Å²) in [5.74, 6) is 0. The lowest BCUT2D eigenvalue weighted by Crippen LogP contribution is -2.19. The number of hydrogen-bond donors (Lipinski definition) is 0. The van der Waals surface area contributed by atoms with Gasteiger partial charge >= 0.3 is 0 Å². The number of hydrogen-bond acceptors (Lipinski definition) is 1. The predicted octanol–water partition coefficient (Wildman–Crippen LogP) is 6.30. The first kappa shape index (κ1) is 15.7. The van der Waals surface area contributed by atoms with Gasteiger partial charge in [0.15, 0.2) is 0 Å². The van der Waals surface area contributed by atoms with Crippen molar-refractivity contribution in [2.45, 2.75) is 19.8 Å². The molecule has 0 fully saturated rings. The summed E-state index contributed by atoms with van der Waals surface area (Å²) >= 11 is 0. The van der Waals surface area contributed by atoms with Crippen LogP contribution in [-0.2, 0) is 6.42 Å². The van der Waals surface area contributed by atoms with Gasteiger partial charge in [0.25, 0.3) is 0 Å². The highest BCUT2D eigenvalue weighted by molar-refractivity contribution is 5.75. The van der Waals surface area contributed by atoms with Crippen LogP contribution in [0, 0.1) is 6.92 Å². The van der Waals surface area contributed by atoms with Gasteiger partial charge in [-0.25, -0.2) is 0 Å². The van der Waals surface area contributed by atoms with E-state index in [1.807, 2.05) is 0 Å². The number of aryl methyl sites for hydroxylation is 2. The van der Waals surface area contributed by atoms with E-state index in [4.69, 9.17) is 0 Å². The van der Waals surface area contributed by atoms with Gasteiger partial charge < -0.3 is 4.90 Å².